The van der Waals surface area contributed by atoms with E-state index in [1.54, 1.807) is 38.3 Å². The normalized spacial score (nSPS) is 23.2. The van der Waals surface area contributed by atoms with Crippen molar-refractivity contribution >= 4 is 17.8 Å². The molecule has 1 atom stereocenters. The molecule has 2 aliphatic rings. The molecule has 1 aliphatic heterocycles. The van der Waals surface area contributed by atoms with Gasteiger partial charge in [0.15, 0.2) is 0 Å². The van der Waals surface area contributed by atoms with Crippen LogP contribution in [0.4, 0.5) is 4.79 Å². The van der Waals surface area contributed by atoms with Gasteiger partial charge in [0.05, 0.1) is 13.2 Å². The molecule has 1 aliphatic carbocycles. The Kier molecular flexibility index (Phi) is 5.27. The highest BCUT2D eigenvalue weighted by atomic mass is 16.5. The van der Waals surface area contributed by atoms with E-state index in [2.05, 4.69) is 16.7 Å². The van der Waals surface area contributed by atoms with Crippen LogP contribution in [0.3, 0.4) is 0 Å². The van der Waals surface area contributed by atoms with Crippen molar-refractivity contribution in [3.63, 3.8) is 0 Å². The Morgan fingerprint density at radius 1 is 1.29 bits per heavy atom. The Hall–Kier alpha value is -3.08. The molecule has 1 aromatic carbocycles. The average molecular weight is 384 g/mol. The minimum Gasteiger partial charge on any atom is -0.497 e. The molecule has 0 aromatic heterocycles. The molecule has 148 valence electrons. The SMILES string of the molecule is CC[C@]1(c2ccc(OC)cc2)NC(=O)N(CC(=O)NC2(C#N)CCCC2)C1=O. The number of benzene rings is 1. The third kappa shape index (κ3) is 3.28. The molecule has 8 heteroatoms. The molecule has 3 rings (SSSR count). The van der Waals surface area contributed by atoms with Crippen LogP contribution in [0, 0.1) is 11.3 Å². The molecule has 1 heterocycles. The Bertz CT molecular complexity index is 824. The van der Waals surface area contributed by atoms with Gasteiger partial charge in [-0.1, -0.05) is 19.1 Å². The van der Waals surface area contributed by atoms with Crippen LogP contribution in [0.2, 0.25) is 0 Å². The number of carbonyl (C=O) groups is 3. The number of amides is 4. The number of ether oxygens (including phenoxy) is 1. The fraction of sp³-hybridized carbons (Fsp3) is 0.500. The van der Waals surface area contributed by atoms with E-state index in [0.29, 0.717) is 30.6 Å². The van der Waals surface area contributed by atoms with Gasteiger partial charge in [-0.15, -0.1) is 0 Å². The molecule has 2 N–H and O–H groups in total. The van der Waals surface area contributed by atoms with Crippen molar-refractivity contribution < 1.29 is 19.1 Å². The zero-order valence-electron chi connectivity index (χ0n) is 16.1. The van der Waals surface area contributed by atoms with E-state index in [9.17, 15) is 19.6 Å². The van der Waals surface area contributed by atoms with Crippen LogP contribution in [0.5, 0.6) is 5.75 Å². The number of methoxy groups -OCH3 is 1. The van der Waals surface area contributed by atoms with Crippen LogP contribution < -0.4 is 15.4 Å². The van der Waals surface area contributed by atoms with Gasteiger partial charge in [0, 0.05) is 0 Å². The number of hydrogen-bond donors (Lipinski definition) is 2. The molecule has 1 saturated heterocycles. The fourth-order valence-electron chi connectivity index (χ4n) is 3.98. The van der Waals surface area contributed by atoms with Gasteiger partial charge in [0.1, 0.15) is 23.4 Å². The lowest BCUT2D eigenvalue weighted by atomic mass is 9.87. The van der Waals surface area contributed by atoms with E-state index < -0.39 is 35.5 Å². The van der Waals surface area contributed by atoms with Crippen LogP contribution in [0.1, 0.15) is 44.6 Å². The van der Waals surface area contributed by atoms with E-state index in [4.69, 9.17) is 4.74 Å². The van der Waals surface area contributed by atoms with Crippen LogP contribution in [0.25, 0.3) is 0 Å². The molecule has 8 nitrogen and oxygen atoms in total. The van der Waals surface area contributed by atoms with Crippen LogP contribution in [-0.2, 0) is 15.1 Å². The molecule has 0 spiro atoms. The molecule has 0 radical (unpaired) electrons. The van der Waals surface area contributed by atoms with Gasteiger partial charge in [0.2, 0.25) is 5.91 Å². The molecule has 1 aromatic rings. The molecular formula is C20H24N4O4. The second kappa shape index (κ2) is 7.50. The predicted molar refractivity (Wildman–Crippen MR) is 100 cm³/mol. The zero-order chi connectivity index (χ0) is 20.4. The third-order valence-corrected chi connectivity index (χ3v) is 5.64. The Balaban J connectivity index is 1.78. The molecule has 1 saturated carbocycles. The highest BCUT2D eigenvalue weighted by molar-refractivity contribution is 6.09. The van der Waals surface area contributed by atoms with E-state index in [1.165, 1.54) is 0 Å². The van der Waals surface area contributed by atoms with Crippen LogP contribution in [0.15, 0.2) is 24.3 Å². The molecule has 28 heavy (non-hydrogen) atoms. The van der Waals surface area contributed by atoms with Gasteiger partial charge >= 0.3 is 6.03 Å². The summed E-state index contributed by atoms with van der Waals surface area (Å²) in [5.41, 5.74) is -1.49. The predicted octanol–water partition coefficient (Wildman–Crippen LogP) is 1.80. The van der Waals surface area contributed by atoms with Gasteiger partial charge in [-0.3, -0.25) is 14.5 Å². The summed E-state index contributed by atoms with van der Waals surface area (Å²) in [6, 6.07) is 8.46. The molecule has 0 unspecified atom stereocenters. The van der Waals surface area contributed by atoms with Crippen molar-refractivity contribution in [2.45, 2.75) is 50.1 Å². The summed E-state index contributed by atoms with van der Waals surface area (Å²) in [4.78, 5) is 39.0. The van der Waals surface area contributed by atoms with E-state index in [0.717, 1.165) is 17.7 Å². The molecule has 4 amide bonds. The van der Waals surface area contributed by atoms with Gasteiger partial charge < -0.3 is 15.4 Å². The van der Waals surface area contributed by atoms with Crippen molar-refractivity contribution in [3.05, 3.63) is 29.8 Å². The zero-order valence-corrected chi connectivity index (χ0v) is 16.1. The number of urea groups is 1. The maximum absolute atomic E-state index is 13.1. The number of carbonyl (C=O) groups excluding carboxylic acids is 3. The maximum Gasteiger partial charge on any atom is 0.325 e. The summed E-state index contributed by atoms with van der Waals surface area (Å²) in [6.45, 7) is 1.39. The van der Waals surface area contributed by atoms with E-state index in [1.807, 2.05) is 0 Å². The summed E-state index contributed by atoms with van der Waals surface area (Å²) in [5, 5.41) is 14.9. The second-order valence-electron chi connectivity index (χ2n) is 7.26. The van der Waals surface area contributed by atoms with Crippen molar-refractivity contribution in [2.75, 3.05) is 13.7 Å². The number of imide groups is 1. The van der Waals surface area contributed by atoms with Crippen molar-refractivity contribution in [3.8, 4) is 11.8 Å². The Morgan fingerprint density at radius 3 is 2.46 bits per heavy atom. The summed E-state index contributed by atoms with van der Waals surface area (Å²) >= 11 is 0. The Morgan fingerprint density at radius 2 is 1.93 bits per heavy atom. The van der Waals surface area contributed by atoms with Crippen molar-refractivity contribution in [1.82, 2.24) is 15.5 Å². The molecule has 0 bridgehead atoms. The standard InChI is InChI=1S/C20H24N4O4/c1-3-20(14-6-8-15(28-2)9-7-14)17(26)24(18(27)23-20)12-16(25)22-19(13-21)10-4-5-11-19/h6-9H,3-5,10-12H2,1-2H3,(H,22,25)(H,23,27)/t20-/m1/s1. The first-order chi connectivity index (χ1) is 13.4. The van der Waals surface area contributed by atoms with Crippen LogP contribution >= 0.6 is 0 Å². The lowest BCUT2D eigenvalue weighted by Crippen LogP contribution is -2.50. The number of hydrogen-bond acceptors (Lipinski definition) is 5. The first-order valence-electron chi connectivity index (χ1n) is 9.40. The summed E-state index contributed by atoms with van der Waals surface area (Å²) in [6.07, 6.45) is 3.24. The molecule has 2 fully saturated rings. The summed E-state index contributed by atoms with van der Waals surface area (Å²) in [5.74, 6) is -0.340. The van der Waals surface area contributed by atoms with Gasteiger partial charge in [-0.2, -0.15) is 5.26 Å². The van der Waals surface area contributed by atoms with Gasteiger partial charge in [-0.25, -0.2) is 4.79 Å². The minimum absolute atomic E-state index is 0.337. The summed E-state index contributed by atoms with van der Waals surface area (Å²) < 4.78 is 5.14. The van der Waals surface area contributed by atoms with E-state index >= 15 is 0 Å². The number of rotatable bonds is 6. The lowest BCUT2D eigenvalue weighted by Gasteiger charge is -2.26. The fourth-order valence-corrected chi connectivity index (χ4v) is 3.98. The van der Waals surface area contributed by atoms with E-state index in [-0.39, 0.29) is 0 Å². The van der Waals surface area contributed by atoms with Crippen molar-refractivity contribution in [1.29, 1.82) is 5.26 Å². The Labute approximate surface area is 163 Å². The lowest BCUT2D eigenvalue weighted by molar-refractivity contribution is -0.135. The highest BCUT2D eigenvalue weighted by Crippen LogP contribution is 2.33. The van der Waals surface area contributed by atoms with Crippen molar-refractivity contribution in [2.24, 2.45) is 0 Å². The number of nitriles is 1. The first-order valence-corrected chi connectivity index (χ1v) is 9.40. The second-order valence-corrected chi connectivity index (χ2v) is 7.26. The minimum atomic E-state index is -1.22. The topological polar surface area (TPSA) is 112 Å². The van der Waals surface area contributed by atoms with Gasteiger partial charge in [-0.05, 0) is 49.8 Å². The monoisotopic (exact) mass is 384 g/mol. The average Bonchev–Trinajstić information content (AvgIpc) is 3.27. The largest absolute Gasteiger partial charge is 0.497 e. The highest BCUT2D eigenvalue weighted by Gasteiger charge is 2.52. The summed E-state index contributed by atoms with van der Waals surface area (Å²) in [7, 11) is 1.55. The smallest absolute Gasteiger partial charge is 0.325 e. The first kappa shape index (κ1) is 19.7. The molecular weight excluding hydrogens is 360 g/mol. The van der Waals surface area contributed by atoms with Gasteiger partial charge in [0.25, 0.3) is 5.91 Å². The third-order valence-electron chi connectivity index (χ3n) is 5.64. The number of nitrogens with one attached hydrogen (secondary N) is 2. The number of nitrogens with zero attached hydrogens (tertiary/aromatic N) is 2. The maximum atomic E-state index is 13.1. The quantitative estimate of drug-likeness (QED) is 0.727. The van der Waals surface area contributed by atoms with Crippen LogP contribution in [-0.4, -0.2) is 41.9 Å².